The van der Waals surface area contributed by atoms with E-state index in [1.54, 1.807) is 7.11 Å². The van der Waals surface area contributed by atoms with Crippen LogP contribution in [0.1, 0.15) is 31.2 Å². The van der Waals surface area contributed by atoms with E-state index in [-0.39, 0.29) is 0 Å². The third-order valence-corrected chi connectivity index (χ3v) is 5.02. The molecule has 2 fully saturated rings. The molecule has 5 nitrogen and oxygen atoms in total. The molecule has 0 radical (unpaired) electrons. The molecule has 1 atom stereocenters. The van der Waals surface area contributed by atoms with Crippen molar-refractivity contribution < 1.29 is 14.3 Å². The van der Waals surface area contributed by atoms with Crippen molar-refractivity contribution in [1.82, 2.24) is 9.80 Å². The summed E-state index contributed by atoms with van der Waals surface area (Å²) in [5.41, 5.74) is 1.16. The first-order valence-electron chi connectivity index (χ1n) is 8.96. The van der Waals surface area contributed by atoms with Crippen LogP contribution in [0.4, 0.5) is 0 Å². The summed E-state index contributed by atoms with van der Waals surface area (Å²) in [6.07, 6.45) is 4.04. The summed E-state index contributed by atoms with van der Waals surface area (Å²) in [7, 11) is 1.67. The molecule has 0 N–H and O–H groups in total. The van der Waals surface area contributed by atoms with Gasteiger partial charge < -0.3 is 14.4 Å². The Bertz CT molecular complexity index is 576. The molecular formula is C19H28N2O3. The number of ether oxygens (including phenoxy) is 2. The van der Waals surface area contributed by atoms with Crippen LogP contribution in [-0.4, -0.2) is 61.6 Å². The summed E-state index contributed by atoms with van der Waals surface area (Å²) in [5.74, 6) is 1.92. The van der Waals surface area contributed by atoms with Crippen LogP contribution in [-0.2, 0) is 4.79 Å². The first-order chi connectivity index (χ1) is 11.7. The zero-order chi connectivity index (χ0) is 16.9. The Morgan fingerprint density at radius 2 is 2.08 bits per heavy atom. The number of carbonyl (C=O) groups excluding carboxylic acids is 1. The lowest BCUT2D eigenvalue weighted by atomic mass is 10.0. The van der Waals surface area contributed by atoms with Gasteiger partial charge in [-0.3, -0.25) is 9.69 Å². The van der Waals surface area contributed by atoms with Gasteiger partial charge >= 0.3 is 0 Å². The average Bonchev–Trinajstić information content (AvgIpc) is 3.02. The van der Waals surface area contributed by atoms with E-state index in [0.717, 1.165) is 68.9 Å². The second-order valence-corrected chi connectivity index (χ2v) is 6.79. The Kier molecular flexibility index (Phi) is 5.61. The number of hydrogen-bond acceptors (Lipinski definition) is 4. The molecule has 3 rings (SSSR count). The van der Waals surface area contributed by atoms with Crippen LogP contribution in [0.15, 0.2) is 18.2 Å². The highest BCUT2D eigenvalue weighted by Gasteiger charge is 2.31. The van der Waals surface area contributed by atoms with E-state index < -0.39 is 0 Å². The number of likely N-dealkylation sites (tertiary alicyclic amines) is 2. The molecule has 0 spiro atoms. The van der Waals surface area contributed by atoms with Crippen LogP contribution in [0.25, 0.3) is 0 Å². The second kappa shape index (κ2) is 7.88. The Morgan fingerprint density at radius 1 is 1.21 bits per heavy atom. The van der Waals surface area contributed by atoms with Gasteiger partial charge in [-0.05, 0) is 50.4 Å². The first-order valence-corrected chi connectivity index (χ1v) is 8.96. The van der Waals surface area contributed by atoms with E-state index in [0.29, 0.717) is 18.6 Å². The standard InChI is InChI=1S/C19H28N2O3/c1-15-7-8-17(18(13-15)23-2)24-12-11-20-9-3-5-16(14-20)21-10-4-6-19(21)22/h7-8,13,16H,3-6,9-12,14H2,1-2H3. The van der Waals surface area contributed by atoms with E-state index in [4.69, 9.17) is 9.47 Å². The van der Waals surface area contributed by atoms with Gasteiger partial charge in [0.05, 0.1) is 7.11 Å². The SMILES string of the molecule is COc1cc(C)ccc1OCCN1CCCC(N2CCCC2=O)C1. The summed E-state index contributed by atoms with van der Waals surface area (Å²) in [6.45, 7) is 6.57. The van der Waals surface area contributed by atoms with Crippen LogP contribution >= 0.6 is 0 Å². The van der Waals surface area contributed by atoms with Gasteiger partial charge in [0, 0.05) is 32.1 Å². The van der Waals surface area contributed by atoms with Crippen LogP contribution in [0.3, 0.4) is 0 Å². The number of rotatable bonds is 6. The molecular weight excluding hydrogens is 304 g/mol. The number of methoxy groups -OCH3 is 1. The van der Waals surface area contributed by atoms with E-state index in [2.05, 4.69) is 9.80 Å². The fourth-order valence-corrected chi connectivity index (χ4v) is 3.72. The van der Waals surface area contributed by atoms with Crippen molar-refractivity contribution in [1.29, 1.82) is 0 Å². The van der Waals surface area contributed by atoms with Gasteiger partial charge in [0.25, 0.3) is 0 Å². The van der Waals surface area contributed by atoms with Crippen molar-refractivity contribution in [2.75, 3.05) is 39.9 Å². The van der Waals surface area contributed by atoms with Crippen LogP contribution in [0.5, 0.6) is 11.5 Å². The molecule has 0 bridgehead atoms. The molecule has 0 saturated carbocycles. The van der Waals surface area contributed by atoms with Crippen molar-refractivity contribution in [2.45, 2.75) is 38.6 Å². The zero-order valence-corrected chi connectivity index (χ0v) is 14.8. The minimum atomic E-state index is 0.336. The Balaban J connectivity index is 1.49. The molecule has 2 aliphatic rings. The third-order valence-electron chi connectivity index (χ3n) is 5.02. The highest BCUT2D eigenvalue weighted by atomic mass is 16.5. The highest BCUT2D eigenvalue weighted by molar-refractivity contribution is 5.78. The topological polar surface area (TPSA) is 42.0 Å². The van der Waals surface area contributed by atoms with Gasteiger partial charge in [0.15, 0.2) is 11.5 Å². The first kappa shape index (κ1) is 17.1. The molecule has 0 aliphatic carbocycles. The number of hydrogen-bond donors (Lipinski definition) is 0. The fraction of sp³-hybridized carbons (Fsp3) is 0.632. The molecule has 24 heavy (non-hydrogen) atoms. The highest BCUT2D eigenvalue weighted by Crippen LogP contribution is 2.28. The maximum absolute atomic E-state index is 11.9. The largest absolute Gasteiger partial charge is 0.493 e. The molecule has 0 aromatic heterocycles. The van der Waals surface area contributed by atoms with Gasteiger partial charge in [-0.15, -0.1) is 0 Å². The number of amides is 1. The average molecular weight is 332 g/mol. The summed E-state index contributed by atoms with van der Waals surface area (Å²) in [5, 5.41) is 0. The summed E-state index contributed by atoms with van der Waals surface area (Å²) < 4.78 is 11.3. The van der Waals surface area contributed by atoms with Crippen molar-refractivity contribution in [2.24, 2.45) is 0 Å². The molecule has 2 heterocycles. The maximum Gasteiger partial charge on any atom is 0.222 e. The maximum atomic E-state index is 11.9. The number of carbonyl (C=O) groups is 1. The van der Waals surface area contributed by atoms with Gasteiger partial charge in [-0.25, -0.2) is 0 Å². The summed E-state index contributed by atoms with van der Waals surface area (Å²) >= 11 is 0. The smallest absolute Gasteiger partial charge is 0.222 e. The number of nitrogens with zero attached hydrogens (tertiary/aromatic N) is 2. The van der Waals surface area contributed by atoms with Crippen molar-refractivity contribution in [3.63, 3.8) is 0 Å². The van der Waals surface area contributed by atoms with Gasteiger partial charge in [-0.1, -0.05) is 6.07 Å². The van der Waals surface area contributed by atoms with Crippen molar-refractivity contribution in [3.8, 4) is 11.5 Å². The second-order valence-electron chi connectivity index (χ2n) is 6.79. The number of piperidine rings is 1. The van der Waals surface area contributed by atoms with Gasteiger partial charge in [0.2, 0.25) is 5.91 Å². The van der Waals surface area contributed by atoms with Crippen LogP contribution in [0.2, 0.25) is 0 Å². The summed E-state index contributed by atoms with van der Waals surface area (Å²) in [6, 6.07) is 6.39. The van der Waals surface area contributed by atoms with E-state index in [1.165, 1.54) is 0 Å². The Morgan fingerprint density at radius 3 is 2.83 bits per heavy atom. The van der Waals surface area contributed by atoms with E-state index in [1.807, 2.05) is 25.1 Å². The molecule has 1 amide bonds. The van der Waals surface area contributed by atoms with Crippen LogP contribution in [0, 0.1) is 6.92 Å². The lowest BCUT2D eigenvalue weighted by Crippen LogP contribution is -2.49. The lowest BCUT2D eigenvalue weighted by Gasteiger charge is -2.37. The fourth-order valence-electron chi connectivity index (χ4n) is 3.72. The number of benzene rings is 1. The zero-order valence-electron chi connectivity index (χ0n) is 14.8. The molecule has 2 saturated heterocycles. The molecule has 2 aliphatic heterocycles. The predicted octanol–water partition coefficient (Wildman–Crippen LogP) is 2.47. The third kappa shape index (κ3) is 4.01. The van der Waals surface area contributed by atoms with Crippen molar-refractivity contribution in [3.05, 3.63) is 23.8 Å². The number of aryl methyl sites for hydroxylation is 1. The lowest BCUT2D eigenvalue weighted by molar-refractivity contribution is -0.130. The molecule has 1 aromatic carbocycles. The molecule has 1 aromatic rings. The molecule has 132 valence electrons. The van der Waals surface area contributed by atoms with E-state index >= 15 is 0 Å². The van der Waals surface area contributed by atoms with Crippen LogP contribution < -0.4 is 9.47 Å². The van der Waals surface area contributed by atoms with Gasteiger partial charge in [0.1, 0.15) is 6.61 Å². The monoisotopic (exact) mass is 332 g/mol. The Labute approximate surface area is 144 Å². The van der Waals surface area contributed by atoms with Crippen molar-refractivity contribution >= 4 is 5.91 Å². The normalized spacial score (nSPS) is 22.0. The minimum absolute atomic E-state index is 0.336. The van der Waals surface area contributed by atoms with E-state index in [9.17, 15) is 4.79 Å². The Hall–Kier alpha value is -1.75. The molecule has 5 heteroatoms. The summed E-state index contributed by atoms with van der Waals surface area (Å²) in [4.78, 5) is 16.5. The predicted molar refractivity (Wildman–Crippen MR) is 93.6 cm³/mol. The molecule has 1 unspecified atom stereocenters. The minimum Gasteiger partial charge on any atom is -0.493 e. The van der Waals surface area contributed by atoms with Gasteiger partial charge in [-0.2, -0.15) is 0 Å². The quantitative estimate of drug-likeness (QED) is 0.802.